The lowest BCUT2D eigenvalue weighted by Gasteiger charge is -2.14. The zero-order chi connectivity index (χ0) is 22.7. The average Bonchev–Trinajstić information content (AvgIpc) is 3.41. The highest BCUT2D eigenvalue weighted by molar-refractivity contribution is 7.12. The van der Waals surface area contributed by atoms with Gasteiger partial charge in [0, 0.05) is 35.8 Å². The highest BCUT2D eigenvalue weighted by atomic mass is 32.1. The van der Waals surface area contributed by atoms with Crippen molar-refractivity contribution < 1.29 is 9.53 Å². The molecule has 1 amide bonds. The van der Waals surface area contributed by atoms with Crippen molar-refractivity contribution in [2.45, 2.75) is 6.92 Å². The zero-order valence-corrected chi connectivity index (χ0v) is 18.4. The van der Waals surface area contributed by atoms with Crippen LogP contribution in [0, 0.1) is 6.92 Å². The van der Waals surface area contributed by atoms with Crippen LogP contribution in [0.3, 0.4) is 0 Å². The quantitative estimate of drug-likeness (QED) is 0.397. The van der Waals surface area contributed by atoms with Gasteiger partial charge in [0.15, 0.2) is 0 Å². The molecule has 32 heavy (non-hydrogen) atoms. The predicted octanol–water partition coefficient (Wildman–Crippen LogP) is 2.15. The molecule has 0 saturated heterocycles. The molecular formula is C22H22N6O3S. The van der Waals surface area contributed by atoms with Gasteiger partial charge >= 0.3 is 0 Å². The van der Waals surface area contributed by atoms with Gasteiger partial charge in [-0.1, -0.05) is 11.3 Å². The number of pyridine rings is 1. The Kier molecular flexibility index (Phi) is 6.15. The first-order valence-corrected chi connectivity index (χ1v) is 10.8. The van der Waals surface area contributed by atoms with Gasteiger partial charge in [0.05, 0.1) is 16.8 Å². The molecule has 0 aliphatic carbocycles. The van der Waals surface area contributed by atoms with Gasteiger partial charge in [-0.3, -0.25) is 14.2 Å². The lowest BCUT2D eigenvalue weighted by Crippen LogP contribution is -2.18. The van der Waals surface area contributed by atoms with Crippen molar-refractivity contribution in [2.75, 3.05) is 20.2 Å². The summed E-state index contributed by atoms with van der Waals surface area (Å²) in [4.78, 5) is 24.3. The van der Waals surface area contributed by atoms with E-state index in [1.165, 1.54) is 17.4 Å². The minimum absolute atomic E-state index is 0.136. The van der Waals surface area contributed by atoms with Crippen LogP contribution in [0.2, 0.25) is 0 Å². The fourth-order valence-electron chi connectivity index (χ4n) is 3.28. The summed E-state index contributed by atoms with van der Waals surface area (Å²) in [6.45, 7) is 2.93. The molecule has 0 saturated carbocycles. The molecule has 4 rings (SSSR count). The van der Waals surface area contributed by atoms with Crippen molar-refractivity contribution in [2.24, 2.45) is 5.73 Å². The minimum atomic E-state index is -0.460. The van der Waals surface area contributed by atoms with E-state index in [1.807, 2.05) is 31.5 Å². The van der Waals surface area contributed by atoms with Crippen LogP contribution in [-0.4, -0.2) is 45.7 Å². The number of carbonyl (C=O) groups excluding carboxylic acids is 1. The summed E-state index contributed by atoms with van der Waals surface area (Å²) < 4.78 is 9.14. The molecule has 3 heterocycles. The van der Waals surface area contributed by atoms with Crippen LogP contribution in [0.1, 0.15) is 15.2 Å². The molecular weight excluding hydrogens is 428 g/mol. The summed E-state index contributed by atoms with van der Waals surface area (Å²) in [5.41, 5.74) is 8.86. The molecule has 0 aliphatic rings. The number of carbonyl (C=O) groups is 1. The maximum atomic E-state index is 12.2. The smallest absolute Gasteiger partial charge is 0.259 e. The van der Waals surface area contributed by atoms with Gasteiger partial charge in [-0.2, -0.15) is 0 Å². The molecule has 4 aromatic rings. The third-order valence-corrected chi connectivity index (χ3v) is 6.03. The van der Waals surface area contributed by atoms with Crippen LogP contribution >= 0.6 is 11.3 Å². The first kappa shape index (κ1) is 21.5. The number of hydrogen-bond donors (Lipinski definition) is 2. The van der Waals surface area contributed by atoms with Gasteiger partial charge in [-0.05, 0) is 37.7 Å². The largest absolute Gasteiger partial charge is 0.490 e. The monoisotopic (exact) mass is 450 g/mol. The summed E-state index contributed by atoms with van der Waals surface area (Å²) in [6, 6.07) is 10.5. The Hall–Kier alpha value is -3.76. The second kappa shape index (κ2) is 9.16. The second-order valence-electron chi connectivity index (χ2n) is 7.03. The number of thiophene rings is 1. The van der Waals surface area contributed by atoms with E-state index in [2.05, 4.69) is 15.6 Å². The summed E-state index contributed by atoms with van der Waals surface area (Å²) in [5.74, 6) is 0.0999. The molecule has 0 unspecified atom stereocenters. The first-order valence-electron chi connectivity index (χ1n) is 9.90. The van der Waals surface area contributed by atoms with E-state index in [4.69, 9.17) is 10.5 Å². The average molecular weight is 451 g/mol. The summed E-state index contributed by atoms with van der Waals surface area (Å²) >= 11 is 1.29. The van der Waals surface area contributed by atoms with Crippen molar-refractivity contribution in [3.05, 3.63) is 75.0 Å². The number of likely N-dealkylation sites (N-methyl/N-ethyl adjacent to an activating group) is 1. The fraction of sp³-hybridized carbons (Fsp3) is 0.182. The number of ether oxygens (including phenoxy) is 1. The predicted molar refractivity (Wildman–Crippen MR) is 123 cm³/mol. The molecule has 9 nitrogen and oxygen atoms in total. The van der Waals surface area contributed by atoms with Gasteiger partial charge < -0.3 is 15.8 Å². The fourth-order valence-corrected chi connectivity index (χ4v) is 4.21. The van der Waals surface area contributed by atoms with Gasteiger partial charge in [-0.15, -0.1) is 16.4 Å². The van der Waals surface area contributed by atoms with Gasteiger partial charge in [0.2, 0.25) is 0 Å². The van der Waals surface area contributed by atoms with E-state index in [0.29, 0.717) is 40.8 Å². The minimum Gasteiger partial charge on any atom is -0.490 e. The molecule has 164 valence electrons. The summed E-state index contributed by atoms with van der Waals surface area (Å²) in [6.07, 6.45) is 3.48. The molecule has 0 fully saturated rings. The molecule has 3 N–H and O–H groups in total. The second-order valence-corrected chi connectivity index (χ2v) is 7.91. The SMILES string of the molecule is CNCCOc1cc(-n2ccccc2=O)ccc1-n1cc(-c2csc(C(N)=O)c2C)nn1. The molecule has 0 radical (unpaired) electrons. The zero-order valence-electron chi connectivity index (χ0n) is 17.6. The highest BCUT2D eigenvalue weighted by Gasteiger charge is 2.17. The lowest BCUT2D eigenvalue weighted by atomic mass is 10.1. The third-order valence-electron chi connectivity index (χ3n) is 4.93. The lowest BCUT2D eigenvalue weighted by molar-refractivity contribution is 0.100. The Bertz CT molecular complexity index is 1320. The number of benzene rings is 1. The van der Waals surface area contributed by atoms with Crippen molar-refractivity contribution >= 4 is 17.2 Å². The molecule has 3 aromatic heterocycles. The number of nitrogens with one attached hydrogen (secondary N) is 1. The van der Waals surface area contributed by atoms with E-state index in [1.54, 1.807) is 39.8 Å². The van der Waals surface area contributed by atoms with Gasteiger partial charge in [0.1, 0.15) is 23.7 Å². The van der Waals surface area contributed by atoms with Crippen LogP contribution < -0.4 is 21.3 Å². The topological polar surface area (TPSA) is 117 Å². The number of primary amides is 1. The van der Waals surface area contributed by atoms with Crippen LogP contribution in [0.5, 0.6) is 5.75 Å². The van der Waals surface area contributed by atoms with Crippen molar-refractivity contribution in [1.29, 1.82) is 0 Å². The van der Waals surface area contributed by atoms with Gasteiger partial charge in [-0.25, -0.2) is 4.68 Å². The number of aromatic nitrogens is 4. The number of nitrogens with zero attached hydrogens (tertiary/aromatic N) is 4. The number of nitrogens with two attached hydrogens (primary N) is 1. The van der Waals surface area contributed by atoms with E-state index < -0.39 is 5.91 Å². The first-order chi connectivity index (χ1) is 15.5. The molecule has 0 atom stereocenters. The Morgan fingerprint density at radius 1 is 1.28 bits per heavy atom. The highest BCUT2D eigenvalue weighted by Crippen LogP contribution is 2.31. The van der Waals surface area contributed by atoms with E-state index in [9.17, 15) is 9.59 Å². The number of amides is 1. The molecule has 0 spiro atoms. The standard InChI is InChI=1S/C22H22N6O3S/c1-14-16(13-32-21(14)22(23)30)17-12-28(26-25-17)18-7-6-15(11-19(18)31-10-8-24-2)27-9-4-3-5-20(27)29/h3-7,9,11-13,24H,8,10H2,1-2H3,(H2,23,30). The maximum absolute atomic E-state index is 12.2. The van der Waals surface area contributed by atoms with E-state index in [0.717, 1.165) is 11.1 Å². The molecule has 0 bridgehead atoms. The Labute approximate surface area is 188 Å². The van der Waals surface area contributed by atoms with E-state index in [-0.39, 0.29) is 5.56 Å². The Balaban J connectivity index is 1.74. The summed E-state index contributed by atoms with van der Waals surface area (Å²) in [5, 5.41) is 13.4. The van der Waals surface area contributed by atoms with Crippen LogP contribution in [0.15, 0.2) is 59.0 Å². The van der Waals surface area contributed by atoms with Gasteiger partial charge in [0.25, 0.3) is 11.5 Å². The molecule has 10 heteroatoms. The van der Waals surface area contributed by atoms with Crippen molar-refractivity contribution in [3.63, 3.8) is 0 Å². The Morgan fingerprint density at radius 2 is 2.12 bits per heavy atom. The summed E-state index contributed by atoms with van der Waals surface area (Å²) in [7, 11) is 1.84. The van der Waals surface area contributed by atoms with E-state index >= 15 is 0 Å². The normalized spacial score (nSPS) is 10.9. The number of hydrogen-bond acceptors (Lipinski definition) is 7. The molecule has 1 aromatic carbocycles. The van der Waals surface area contributed by atoms with Crippen LogP contribution in [-0.2, 0) is 0 Å². The third kappa shape index (κ3) is 4.18. The van der Waals surface area contributed by atoms with Crippen LogP contribution in [0.25, 0.3) is 22.6 Å². The maximum Gasteiger partial charge on any atom is 0.259 e. The van der Waals surface area contributed by atoms with Crippen molar-refractivity contribution in [1.82, 2.24) is 24.9 Å². The number of rotatable bonds is 8. The Morgan fingerprint density at radius 3 is 2.84 bits per heavy atom. The molecule has 0 aliphatic heterocycles. The van der Waals surface area contributed by atoms with Crippen molar-refractivity contribution in [3.8, 4) is 28.4 Å². The van der Waals surface area contributed by atoms with Crippen LogP contribution in [0.4, 0.5) is 0 Å².